The maximum atomic E-state index is 12.0. The van der Waals surface area contributed by atoms with Crippen LogP contribution in [0.15, 0.2) is 22.8 Å². The van der Waals surface area contributed by atoms with Gasteiger partial charge in [0.2, 0.25) is 5.91 Å². The number of hydrogen-bond donors (Lipinski definition) is 1. The summed E-state index contributed by atoms with van der Waals surface area (Å²) in [6.07, 6.45) is 1.61. The van der Waals surface area contributed by atoms with Gasteiger partial charge in [0, 0.05) is 26.2 Å². The van der Waals surface area contributed by atoms with E-state index in [1.54, 1.807) is 6.26 Å². The van der Waals surface area contributed by atoms with Crippen molar-refractivity contribution in [3.8, 4) is 0 Å². The Labute approximate surface area is 89.2 Å². The van der Waals surface area contributed by atoms with Gasteiger partial charge in [-0.3, -0.25) is 4.79 Å². The Morgan fingerprint density at radius 1 is 1.53 bits per heavy atom. The van der Waals surface area contributed by atoms with Crippen molar-refractivity contribution in [1.82, 2.24) is 10.2 Å². The Hall–Kier alpha value is -1.29. The van der Waals surface area contributed by atoms with E-state index in [1.807, 2.05) is 24.0 Å². The largest absolute Gasteiger partial charge is 0.469 e. The normalized spacial score (nSPS) is 18.9. The van der Waals surface area contributed by atoms with Crippen molar-refractivity contribution in [2.24, 2.45) is 0 Å². The fraction of sp³-hybridized carbons (Fsp3) is 0.545. The minimum Gasteiger partial charge on any atom is -0.469 e. The number of amides is 1. The number of furan rings is 1. The van der Waals surface area contributed by atoms with E-state index in [0.717, 1.165) is 31.9 Å². The second-order valence-corrected chi connectivity index (χ2v) is 3.81. The lowest BCUT2D eigenvalue weighted by Gasteiger charge is -2.29. The summed E-state index contributed by atoms with van der Waals surface area (Å²) < 4.78 is 5.24. The molecule has 2 rings (SSSR count). The maximum absolute atomic E-state index is 12.0. The molecule has 1 unspecified atom stereocenters. The van der Waals surface area contributed by atoms with E-state index in [0.29, 0.717) is 0 Å². The lowest BCUT2D eigenvalue weighted by molar-refractivity contribution is -0.133. The third-order valence-corrected chi connectivity index (χ3v) is 2.77. The molecule has 0 radical (unpaired) electrons. The van der Waals surface area contributed by atoms with Crippen molar-refractivity contribution in [1.29, 1.82) is 0 Å². The summed E-state index contributed by atoms with van der Waals surface area (Å²) >= 11 is 0. The SMILES string of the molecule is CC(C(=O)N1CCNCC1)c1ccco1. The molecule has 15 heavy (non-hydrogen) atoms. The van der Waals surface area contributed by atoms with Crippen molar-refractivity contribution in [3.63, 3.8) is 0 Å². The number of piperazine rings is 1. The minimum absolute atomic E-state index is 0.159. The van der Waals surface area contributed by atoms with Crippen molar-refractivity contribution in [2.75, 3.05) is 26.2 Å². The zero-order valence-corrected chi connectivity index (χ0v) is 8.90. The number of rotatable bonds is 2. The molecule has 4 nitrogen and oxygen atoms in total. The Bertz CT molecular complexity index is 315. The molecule has 82 valence electrons. The fourth-order valence-electron chi connectivity index (χ4n) is 1.82. The smallest absolute Gasteiger partial charge is 0.233 e. The van der Waals surface area contributed by atoms with Gasteiger partial charge in [0.25, 0.3) is 0 Å². The molecule has 1 amide bonds. The predicted octanol–water partition coefficient (Wildman–Crippen LogP) is 0.815. The number of nitrogens with one attached hydrogen (secondary N) is 1. The molecule has 1 aromatic rings. The van der Waals surface area contributed by atoms with Crippen molar-refractivity contribution in [2.45, 2.75) is 12.8 Å². The highest BCUT2D eigenvalue weighted by atomic mass is 16.3. The molecule has 0 spiro atoms. The molecule has 1 fully saturated rings. The van der Waals surface area contributed by atoms with Crippen LogP contribution in [0.5, 0.6) is 0 Å². The van der Waals surface area contributed by atoms with Crippen molar-refractivity contribution < 1.29 is 9.21 Å². The summed E-state index contributed by atoms with van der Waals surface area (Å²) in [6, 6.07) is 3.67. The van der Waals surface area contributed by atoms with Crippen LogP contribution in [0.2, 0.25) is 0 Å². The third kappa shape index (κ3) is 2.21. The van der Waals surface area contributed by atoms with Crippen LogP contribution in [-0.2, 0) is 4.79 Å². The molecule has 0 bridgehead atoms. The van der Waals surface area contributed by atoms with Crippen LogP contribution in [0.4, 0.5) is 0 Å². The highest BCUT2D eigenvalue weighted by Gasteiger charge is 2.24. The van der Waals surface area contributed by atoms with Gasteiger partial charge in [-0.2, -0.15) is 0 Å². The lowest BCUT2D eigenvalue weighted by Crippen LogP contribution is -2.47. The maximum Gasteiger partial charge on any atom is 0.233 e. The van der Waals surface area contributed by atoms with Crippen LogP contribution in [0, 0.1) is 0 Å². The van der Waals surface area contributed by atoms with Gasteiger partial charge in [-0.05, 0) is 19.1 Å². The zero-order valence-electron chi connectivity index (χ0n) is 8.90. The quantitative estimate of drug-likeness (QED) is 0.782. The molecule has 1 aliphatic rings. The molecule has 0 saturated carbocycles. The van der Waals surface area contributed by atoms with Gasteiger partial charge in [-0.15, -0.1) is 0 Å². The van der Waals surface area contributed by atoms with E-state index in [4.69, 9.17) is 4.42 Å². The van der Waals surface area contributed by atoms with Crippen LogP contribution < -0.4 is 5.32 Å². The van der Waals surface area contributed by atoms with Gasteiger partial charge in [-0.1, -0.05) is 0 Å². The van der Waals surface area contributed by atoms with Crippen LogP contribution in [0.3, 0.4) is 0 Å². The first-order chi connectivity index (χ1) is 7.29. The first-order valence-corrected chi connectivity index (χ1v) is 5.32. The summed E-state index contributed by atoms with van der Waals surface area (Å²) in [5, 5.41) is 3.23. The highest BCUT2D eigenvalue weighted by Crippen LogP contribution is 2.18. The van der Waals surface area contributed by atoms with Gasteiger partial charge < -0.3 is 14.6 Å². The zero-order chi connectivity index (χ0) is 10.7. The summed E-state index contributed by atoms with van der Waals surface area (Å²) in [5.74, 6) is 0.739. The number of carbonyl (C=O) groups excluding carboxylic acids is 1. The second kappa shape index (κ2) is 4.49. The minimum atomic E-state index is -0.168. The molecule has 1 aromatic heterocycles. The standard InChI is InChI=1S/C11H16N2O2/c1-9(10-3-2-8-15-10)11(14)13-6-4-12-5-7-13/h2-3,8-9,12H,4-7H2,1H3. The summed E-state index contributed by atoms with van der Waals surface area (Å²) in [5.41, 5.74) is 0. The Morgan fingerprint density at radius 2 is 2.27 bits per heavy atom. The van der Waals surface area contributed by atoms with Crippen LogP contribution in [0.25, 0.3) is 0 Å². The predicted molar refractivity (Wildman–Crippen MR) is 56.6 cm³/mol. The third-order valence-electron chi connectivity index (χ3n) is 2.77. The molecule has 0 aliphatic carbocycles. The molecule has 1 aliphatic heterocycles. The monoisotopic (exact) mass is 208 g/mol. The number of nitrogens with zero attached hydrogens (tertiary/aromatic N) is 1. The van der Waals surface area contributed by atoms with E-state index in [2.05, 4.69) is 5.32 Å². The molecule has 1 saturated heterocycles. The first kappa shape index (κ1) is 10.2. The van der Waals surface area contributed by atoms with Gasteiger partial charge in [0.05, 0.1) is 12.2 Å². The van der Waals surface area contributed by atoms with Crippen molar-refractivity contribution >= 4 is 5.91 Å². The van der Waals surface area contributed by atoms with Gasteiger partial charge in [0.1, 0.15) is 5.76 Å². The van der Waals surface area contributed by atoms with Gasteiger partial charge in [-0.25, -0.2) is 0 Å². The van der Waals surface area contributed by atoms with E-state index in [9.17, 15) is 4.79 Å². The van der Waals surface area contributed by atoms with Crippen molar-refractivity contribution in [3.05, 3.63) is 24.2 Å². The Balaban J connectivity index is 2.00. The average molecular weight is 208 g/mol. The number of carbonyl (C=O) groups is 1. The second-order valence-electron chi connectivity index (χ2n) is 3.81. The molecular weight excluding hydrogens is 192 g/mol. The Morgan fingerprint density at radius 3 is 2.87 bits per heavy atom. The molecule has 2 heterocycles. The molecule has 1 atom stereocenters. The highest BCUT2D eigenvalue weighted by molar-refractivity contribution is 5.82. The van der Waals surface area contributed by atoms with Crippen LogP contribution >= 0.6 is 0 Å². The van der Waals surface area contributed by atoms with E-state index < -0.39 is 0 Å². The Kier molecular flexibility index (Phi) is 3.06. The van der Waals surface area contributed by atoms with E-state index in [1.165, 1.54) is 0 Å². The van der Waals surface area contributed by atoms with Crippen LogP contribution in [-0.4, -0.2) is 37.0 Å². The number of hydrogen-bond acceptors (Lipinski definition) is 3. The van der Waals surface area contributed by atoms with Gasteiger partial charge >= 0.3 is 0 Å². The lowest BCUT2D eigenvalue weighted by atomic mass is 10.1. The summed E-state index contributed by atoms with van der Waals surface area (Å²) in [6.45, 7) is 5.25. The van der Waals surface area contributed by atoms with E-state index in [-0.39, 0.29) is 11.8 Å². The summed E-state index contributed by atoms with van der Waals surface area (Å²) in [7, 11) is 0. The molecule has 1 N–H and O–H groups in total. The summed E-state index contributed by atoms with van der Waals surface area (Å²) in [4.78, 5) is 13.9. The fourth-order valence-corrected chi connectivity index (χ4v) is 1.82. The molecular formula is C11H16N2O2. The molecule has 0 aromatic carbocycles. The topological polar surface area (TPSA) is 45.5 Å². The first-order valence-electron chi connectivity index (χ1n) is 5.32. The average Bonchev–Trinajstić information content (AvgIpc) is 2.82. The van der Waals surface area contributed by atoms with Gasteiger partial charge in [0.15, 0.2) is 0 Å². The van der Waals surface area contributed by atoms with Crippen LogP contribution in [0.1, 0.15) is 18.6 Å². The molecule has 4 heteroatoms. The van der Waals surface area contributed by atoms with E-state index >= 15 is 0 Å².